The number of hydrogen-bond acceptors (Lipinski definition) is 3. The molecule has 122 valence electrons. The van der Waals surface area contributed by atoms with Crippen LogP contribution in [0, 0.1) is 0 Å². The summed E-state index contributed by atoms with van der Waals surface area (Å²) in [5, 5.41) is 14.6. The van der Waals surface area contributed by atoms with Gasteiger partial charge in [0.05, 0.1) is 18.8 Å². The third kappa shape index (κ3) is 4.31. The Morgan fingerprint density at radius 1 is 1.22 bits per heavy atom. The molecular weight excluding hydrogens is 315 g/mol. The summed E-state index contributed by atoms with van der Waals surface area (Å²) in [6.45, 7) is -0.365. The van der Waals surface area contributed by atoms with E-state index in [9.17, 15) is 22.8 Å². The normalized spacial score (nSPS) is 11.3. The van der Waals surface area contributed by atoms with E-state index in [0.717, 1.165) is 5.56 Å². The molecule has 2 rings (SSSR count). The molecule has 0 aliphatic carbocycles. The van der Waals surface area contributed by atoms with Gasteiger partial charge in [0.25, 0.3) is 0 Å². The Morgan fingerprint density at radius 3 is 2.43 bits per heavy atom. The molecule has 0 spiro atoms. The zero-order valence-electron chi connectivity index (χ0n) is 11.7. The van der Waals surface area contributed by atoms with Crippen molar-refractivity contribution in [3.63, 3.8) is 0 Å². The van der Waals surface area contributed by atoms with Crippen molar-refractivity contribution in [2.75, 3.05) is 0 Å². The SMILES string of the molecule is O=C(O)c1cn(Cc2ccccc2)nc1CNC(=O)C(F)(F)F. The molecular formula is C14H12F3N3O3. The topological polar surface area (TPSA) is 84.2 Å². The van der Waals surface area contributed by atoms with Crippen LogP contribution in [0.2, 0.25) is 0 Å². The van der Waals surface area contributed by atoms with Gasteiger partial charge in [-0.2, -0.15) is 18.3 Å². The number of nitrogens with zero attached hydrogens (tertiary/aromatic N) is 2. The molecule has 6 nitrogen and oxygen atoms in total. The number of carbonyl (C=O) groups is 2. The Hall–Kier alpha value is -2.84. The largest absolute Gasteiger partial charge is 0.478 e. The van der Waals surface area contributed by atoms with Crippen LogP contribution in [0.4, 0.5) is 13.2 Å². The van der Waals surface area contributed by atoms with E-state index in [1.54, 1.807) is 29.6 Å². The van der Waals surface area contributed by atoms with Gasteiger partial charge in [0.1, 0.15) is 5.56 Å². The van der Waals surface area contributed by atoms with Crippen LogP contribution >= 0.6 is 0 Å². The molecule has 0 unspecified atom stereocenters. The molecule has 0 aliphatic rings. The maximum Gasteiger partial charge on any atom is 0.471 e. The second-order valence-electron chi connectivity index (χ2n) is 4.66. The van der Waals surface area contributed by atoms with Crippen LogP contribution in [0.3, 0.4) is 0 Å². The van der Waals surface area contributed by atoms with E-state index in [-0.39, 0.29) is 17.8 Å². The van der Waals surface area contributed by atoms with Crippen molar-refractivity contribution in [3.05, 3.63) is 53.3 Å². The predicted molar refractivity (Wildman–Crippen MR) is 72.6 cm³/mol. The number of alkyl halides is 3. The summed E-state index contributed by atoms with van der Waals surface area (Å²) in [7, 11) is 0. The van der Waals surface area contributed by atoms with Gasteiger partial charge < -0.3 is 10.4 Å². The van der Waals surface area contributed by atoms with Crippen LogP contribution in [-0.4, -0.2) is 32.9 Å². The molecule has 0 saturated heterocycles. The third-order valence-electron chi connectivity index (χ3n) is 2.93. The average molecular weight is 327 g/mol. The first-order chi connectivity index (χ1) is 10.8. The predicted octanol–water partition coefficient (Wildman–Crippen LogP) is 1.81. The monoisotopic (exact) mass is 327 g/mol. The number of carboxylic acids is 1. The molecule has 0 bridgehead atoms. The Bertz CT molecular complexity index is 711. The molecule has 9 heteroatoms. The van der Waals surface area contributed by atoms with Gasteiger partial charge in [-0.25, -0.2) is 4.79 Å². The van der Waals surface area contributed by atoms with Crippen molar-refractivity contribution in [3.8, 4) is 0 Å². The molecule has 23 heavy (non-hydrogen) atoms. The average Bonchev–Trinajstić information content (AvgIpc) is 2.88. The number of aromatic carboxylic acids is 1. The van der Waals surface area contributed by atoms with Gasteiger partial charge >= 0.3 is 18.1 Å². The summed E-state index contributed by atoms with van der Waals surface area (Å²) in [5.41, 5.74) is 0.437. The van der Waals surface area contributed by atoms with Crippen molar-refractivity contribution in [1.82, 2.24) is 15.1 Å². The fraction of sp³-hybridized carbons (Fsp3) is 0.214. The van der Waals surface area contributed by atoms with E-state index in [1.165, 1.54) is 10.9 Å². The van der Waals surface area contributed by atoms with Gasteiger partial charge in [0, 0.05) is 6.20 Å². The first-order valence-electron chi connectivity index (χ1n) is 6.46. The highest BCUT2D eigenvalue weighted by atomic mass is 19.4. The maximum atomic E-state index is 12.1. The molecule has 1 aromatic carbocycles. The van der Waals surface area contributed by atoms with Crippen molar-refractivity contribution in [1.29, 1.82) is 0 Å². The molecule has 0 aliphatic heterocycles. The maximum absolute atomic E-state index is 12.1. The lowest BCUT2D eigenvalue weighted by Crippen LogP contribution is -2.36. The van der Waals surface area contributed by atoms with Crippen molar-refractivity contribution < 1.29 is 27.9 Å². The summed E-state index contributed by atoms with van der Waals surface area (Å²) < 4.78 is 37.7. The van der Waals surface area contributed by atoms with E-state index >= 15 is 0 Å². The van der Waals surface area contributed by atoms with E-state index < -0.39 is 24.6 Å². The second kappa shape index (κ2) is 6.51. The van der Waals surface area contributed by atoms with Crippen LogP contribution in [-0.2, 0) is 17.9 Å². The molecule has 1 heterocycles. The number of hydrogen-bond donors (Lipinski definition) is 2. The number of nitrogens with one attached hydrogen (secondary N) is 1. The molecule has 2 aromatic rings. The molecule has 1 amide bonds. The molecule has 0 radical (unpaired) electrons. The first kappa shape index (κ1) is 16.5. The van der Waals surface area contributed by atoms with Crippen molar-refractivity contribution >= 4 is 11.9 Å². The summed E-state index contributed by atoms with van der Waals surface area (Å²) >= 11 is 0. The number of amides is 1. The minimum absolute atomic E-state index is 0.147. The van der Waals surface area contributed by atoms with Crippen LogP contribution in [0.5, 0.6) is 0 Å². The molecule has 0 saturated carbocycles. The van der Waals surface area contributed by atoms with Crippen LogP contribution in [0.25, 0.3) is 0 Å². The van der Waals surface area contributed by atoms with Crippen molar-refractivity contribution in [2.45, 2.75) is 19.3 Å². The minimum Gasteiger partial charge on any atom is -0.478 e. The van der Waals surface area contributed by atoms with Gasteiger partial charge in [0.15, 0.2) is 0 Å². The standard InChI is InChI=1S/C14H12F3N3O3/c15-14(16,17)13(23)18-6-11-10(12(21)22)8-20(19-11)7-9-4-2-1-3-5-9/h1-5,8H,6-7H2,(H,18,23)(H,21,22). The summed E-state index contributed by atoms with van der Waals surface area (Å²) in [6.07, 6.45) is -3.82. The highest BCUT2D eigenvalue weighted by molar-refractivity contribution is 5.89. The fourth-order valence-corrected chi connectivity index (χ4v) is 1.89. The number of carbonyl (C=O) groups excluding carboxylic acids is 1. The highest BCUT2D eigenvalue weighted by Gasteiger charge is 2.38. The lowest BCUT2D eigenvalue weighted by Gasteiger charge is -2.06. The Kier molecular flexibility index (Phi) is 4.68. The molecule has 0 fully saturated rings. The van der Waals surface area contributed by atoms with Gasteiger partial charge in [-0.15, -0.1) is 0 Å². The van der Waals surface area contributed by atoms with Crippen LogP contribution in [0.1, 0.15) is 21.6 Å². The summed E-state index contributed by atoms with van der Waals surface area (Å²) in [6, 6.07) is 9.00. The van der Waals surface area contributed by atoms with Gasteiger partial charge in [0.2, 0.25) is 0 Å². The summed E-state index contributed by atoms with van der Waals surface area (Å²) in [5.74, 6) is -3.48. The molecule has 2 N–H and O–H groups in total. The first-order valence-corrected chi connectivity index (χ1v) is 6.46. The second-order valence-corrected chi connectivity index (χ2v) is 4.66. The zero-order valence-corrected chi connectivity index (χ0v) is 11.7. The van der Waals surface area contributed by atoms with E-state index in [1.807, 2.05) is 6.07 Å². The number of rotatable bonds is 5. The van der Waals surface area contributed by atoms with E-state index in [0.29, 0.717) is 0 Å². The minimum atomic E-state index is -5.03. The Balaban J connectivity index is 2.15. The van der Waals surface area contributed by atoms with E-state index in [4.69, 9.17) is 5.11 Å². The van der Waals surface area contributed by atoms with Gasteiger partial charge in [-0.3, -0.25) is 9.48 Å². The smallest absolute Gasteiger partial charge is 0.471 e. The third-order valence-corrected chi connectivity index (χ3v) is 2.93. The van der Waals surface area contributed by atoms with Crippen molar-refractivity contribution in [2.24, 2.45) is 0 Å². The number of aromatic nitrogens is 2. The van der Waals surface area contributed by atoms with Gasteiger partial charge in [-0.1, -0.05) is 30.3 Å². The quantitative estimate of drug-likeness (QED) is 0.877. The highest BCUT2D eigenvalue weighted by Crippen LogP contribution is 2.15. The summed E-state index contributed by atoms with van der Waals surface area (Å²) in [4.78, 5) is 21.9. The van der Waals surface area contributed by atoms with Crippen LogP contribution < -0.4 is 5.32 Å². The molecule has 1 aromatic heterocycles. The lowest BCUT2D eigenvalue weighted by atomic mass is 10.2. The number of benzene rings is 1. The van der Waals surface area contributed by atoms with E-state index in [2.05, 4.69) is 5.10 Å². The van der Waals surface area contributed by atoms with Gasteiger partial charge in [-0.05, 0) is 5.56 Å². The fourth-order valence-electron chi connectivity index (χ4n) is 1.89. The Morgan fingerprint density at radius 2 is 1.87 bits per heavy atom. The molecule has 0 atom stereocenters. The lowest BCUT2D eigenvalue weighted by molar-refractivity contribution is -0.173. The number of carboxylic acid groups (broad SMARTS) is 1. The number of halogens is 3. The zero-order chi connectivity index (χ0) is 17.0. The Labute approximate surface area is 128 Å². The van der Waals surface area contributed by atoms with Crippen LogP contribution in [0.15, 0.2) is 36.5 Å².